The van der Waals surface area contributed by atoms with Crippen molar-refractivity contribution in [3.63, 3.8) is 0 Å². The first-order valence-corrected chi connectivity index (χ1v) is 6.42. The van der Waals surface area contributed by atoms with E-state index in [1.54, 1.807) is 0 Å². The van der Waals surface area contributed by atoms with Gasteiger partial charge in [-0.15, -0.1) is 12.4 Å². The SMILES string of the molecule is CC(CNC(=O)C1CNCCO1)c1ccccc1.Cl. The lowest BCUT2D eigenvalue weighted by Crippen LogP contribution is -2.48. The highest BCUT2D eigenvalue weighted by Gasteiger charge is 2.21. The van der Waals surface area contributed by atoms with Gasteiger partial charge in [0.25, 0.3) is 0 Å². The van der Waals surface area contributed by atoms with Gasteiger partial charge in [-0.1, -0.05) is 37.3 Å². The van der Waals surface area contributed by atoms with E-state index in [-0.39, 0.29) is 24.4 Å². The molecule has 0 aliphatic carbocycles. The first-order chi connectivity index (χ1) is 8.77. The maximum atomic E-state index is 11.9. The van der Waals surface area contributed by atoms with Crippen molar-refractivity contribution in [1.82, 2.24) is 10.6 Å². The summed E-state index contributed by atoms with van der Waals surface area (Å²) >= 11 is 0. The third-order valence-electron chi connectivity index (χ3n) is 3.17. The minimum atomic E-state index is -0.346. The Morgan fingerprint density at radius 1 is 1.47 bits per heavy atom. The Labute approximate surface area is 120 Å². The number of rotatable bonds is 4. The predicted molar refractivity (Wildman–Crippen MR) is 77.7 cm³/mol. The van der Waals surface area contributed by atoms with E-state index in [1.807, 2.05) is 18.2 Å². The molecule has 2 atom stereocenters. The Bertz CT molecular complexity index is 380. The molecule has 1 heterocycles. The van der Waals surface area contributed by atoms with Crippen molar-refractivity contribution < 1.29 is 9.53 Å². The van der Waals surface area contributed by atoms with Crippen LogP contribution < -0.4 is 10.6 Å². The number of hydrogen-bond acceptors (Lipinski definition) is 3. The highest BCUT2D eigenvalue weighted by molar-refractivity contribution is 5.85. The van der Waals surface area contributed by atoms with Gasteiger partial charge in [0.15, 0.2) is 0 Å². The van der Waals surface area contributed by atoms with Crippen LogP contribution in [0.15, 0.2) is 30.3 Å². The molecular formula is C14H21ClN2O2. The lowest BCUT2D eigenvalue weighted by atomic mass is 10.0. The number of nitrogens with one attached hydrogen (secondary N) is 2. The topological polar surface area (TPSA) is 50.4 Å². The number of ether oxygens (including phenoxy) is 1. The van der Waals surface area contributed by atoms with Crippen LogP contribution in [-0.4, -0.2) is 38.3 Å². The molecule has 1 saturated heterocycles. The van der Waals surface area contributed by atoms with E-state index < -0.39 is 0 Å². The van der Waals surface area contributed by atoms with E-state index in [4.69, 9.17) is 4.74 Å². The fraction of sp³-hybridized carbons (Fsp3) is 0.500. The van der Waals surface area contributed by atoms with Gasteiger partial charge >= 0.3 is 0 Å². The summed E-state index contributed by atoms with van der Waals surface area (Å²) in [4.78, 5) is 11.9. The molecule has 0 bridgehead atoms. The zero-order chi connectivity index (χ0) is 12.8. The first-order valence-electron chi connectivity index (χ1n) is 6.42. The molecule has 2 unspecified atom stereocenters. The van der Waals surface area contributed by atoms with E-state index >= 15 is 0 Å². The predicted octanol–water partition coefficient (Wildman–Crippen LogP) is 1.32. The summed E-state index contributed by atoms with van der Waals surface area (Å²) in [6, 6.07) is 10.2. The molecule has 1 amide bonds. The molecule has 2 rings (SSSR count). The Morgan fingerprint density at radius 3 is 2.84 bits per heavy atom. The molecule has 0 spiro atoms. The van der Waals surface area contributed by atoms with Crippen LogP contribution in [-0.2, 0) is 9.53 Å². The molecule has 0 radical (unpaired) electrons. The number of amides is 1. The van der Waals surface area contributed by atoms with Crippen LogP contribution >= 0.6 is 12.4 Å². The molecule has 1 aromatic carbocycles. The van der Waals surface area contributed by atoms with Gasteiger partial charge in [0.1, 0.15) is 6.10 Å². The summed E-state index contributed by atoms with van der Waals surface area (Å²) in [6.45, 7) is 4.78. The number of hydrogen-bond donors (Lipinski definition) is 2. The number of benzene rings is 1. The smallest absolute Gasteiger partial charge is 0.250 e. The van der Waals surface area contributed by atoms with Crippen LogP contribution in [0.5, 0.6) is 0 Å². The Balaban J connectivity index is 0.00000180. The molecule has 1 fully saturated rings. The molecule has 0 saturated carbocycles. The summed E-state index contributed by atoms with van der Waals surface area (Å²) in [5.74, 6) is 0.289. The lowest BCUT2D eigenvalue weighted by molar-refractivity contribution is -0.134. The highest BCUT2D eigenvalue weighted by atomic mass is 35.5. The van der Waals surface area contributed by atoms with Crippen LogP contribution in [0.3, 0.4) is 0 Å². The van der Waals surface area contributed by atoms with E-state index in [9.17, 15) is 4.79 Å². The summed E-state index contributed by atoms with van der Waals surface area (Å²) in [5.41, 5.74) is 1.24. The van der Waals surface area contributed by atoms with Gasteiger partial charge in [-0.2, -0.15) is 0 Å². The second-order valence-corrected chi connectivity index (χ2v) is 4.62. The second kappa shape index (κ2) is 8.15. The maximum absolute atomic E-state index is 11.9. The third kappa shape index (κ3) is 4.82. The number of morpholine rings is 1. The van der Waals surface area contributed by atoms with Gasteiger partial charge in [-0.3, -0.25) is 4.79 Å². The number of carbonyl (C=O) groups is 1. The normalized spacial score (nSPS) is 20.2. The van der Waals surface area contributed by atoms with E-state index in [1.165, 1.54) is 5.56 Å². The molecule has 1 aliphatic heterocycles. The second-order valence-electron chi connectivity index (χ2n) is 4.62. The van der Waals surface area contributed by atoms with Crippen molar-refractivity contribution in [3.8, 4) is 0 Å². The van der Waals surface area contributed by atoms with Crippen LogP contribution in [0.2, 0.25) is 0 Å². The largest absolute Gasteiger partial charge is 0.366 e. The monoisotopic (exact) mass is 284 g/mol. The zero-order valence-electron chi connectivity index (χ0n) is 11.1. The standard InChI is InChI=1S/C14H20N2O2.ClH/c1-11(12-5-3-2-4-6-12)9-16-14(17)13-10-15-7-8-18-13;/h2-6,11,13,15H,7-10H2,1H3,(H,16,17);1H. The fourth-order valence-corrected chi connectivity index (χ4v) is 2.00. The van der Waals surface area contributed by atoms with Gasteiger partial charge in [0.2, 0.25) is 5.91 Å². The maximum Gasteiger partial charge on any atom is 0.250 e. The first kappa shape index (κ1) is 16.0. The molecule has 19 heavy (non-hydrogen) atoms. The average Bonchev–Trinajstić information content (AvgIpc) is 2.46. The van der Waals surface area contributed by atoms with E-state index in [2.05, 4.69) is 29.7 Å². The molecule has 2 N–H and O–H groups in total. The van der Waals surface area contributed by atoms with Crippen LogP contribution in [0, 0.1) is 0 Å². The Morgan fingerprint density at radius 2 is 2.21 bits per heavy atom. The van der Waals surface area contributed by atoms with Crippen molar-refractivity contribution in [2.24, 2.45) is 0 Å². The number of carbonyl (C=O) groups excluding carboxylic acids is 1. The van der Waals surface area contributed by atoms with Gasteiger partial charge in [0.05, 0.1) is 6.61 Å². The molecule has 4 nitrogen and oxygen atoms in total. The van der Waals surface area contributed by atoms with Gasteiger partial charge in [-0.05, 0) is 11.5 Å². The quantitative estimate of drug-likeness (QED) is 0.877. The molecule has 106 valence electrons. The molecule has 1 aromatic rings. The van der Waals surface area contributed by atoms with Gasteiger partial charge < -0.3 is 15.4 Å². The highest BCUT2D eigenvalue weighted by Crippen LogP contribution is 2.13. The van der Waals surface area contributed by atoms with Crippen molar-refractivity contribution in [2.45, 2.75) is 18.9 Å². The summed E-state index contributed by atoms with van der Waals surface area (Å²) < 4.78 is 5.40. The Kier molecular flexibility index (Phi) is 6.84. The molecule has 0 aromatic heterocycles. The van der Waals surface area contributed by atoms with E-state index in [0.29, 0.717) is 25.6 Å². The van der Waals surface area contributed by atoms with Crippen LogP contribution in [0.25, 0.3) is 0 Å². The van der Waals surface area contributed by atoms with Crippen LogP contribution in [0.4, 0.5) is 0 Å². The molecule has 5 heteroatoms. The van der Waals surface area contributed by atoms with Gasteiger partial charge in [0, 0.05) is 19.6 Å². The molecular weight excluding hydrogens is 264 g/mol. The third-order valence-corrected chi connectivity index (χ3v) is 3.17. The minimum absolute atomic E-state index is 0. The summed E-state index contributed by atoms with van der Waals surface area (Å²) in [7, 11) is 0. The lowest BCUT2D eigenvalue weighted by Gasteiger charge is -2.23. The summed E-state index contributed by atoms with van der Waals surface area (Å²) in [5, 5.41) is 6.10. The summed E-state index contributed by atoms with van der Waals surface area (Å²) in [6.07, 6.45) is -0.346. The van der Waals surface area contributed by atoms with Crippen molar-refractivity contribution in [1.29, 1.82) is 0 Å². The number of halogens is 1. The Hall–Kier alpha value is -1.10. The van der Waals surface area contributed by atoms with Crippen molar-refractivity contribution >= 4 is 18.3 Å². The minimum Gasteiger partial charge on any atom is -0.366 e. The van der Waals surface area contributed by atoms with Crippen molar-refractivity contribution in [2.75, 3.05) is 26.2 Å². The van der Waals surface area contributed by atoms with E-state index in [0.717, 1.165) is 6.54 Å². The van der Waals surface area contributed by atoms with Gasteiger partial charge in [-0.25, -0.2) is 0 Å². The molecule has 1 aliphatic rings. The van der Waals surface area contributed by atoms with Crippen molar-refractivity contribution in [3.05, 3.63) is 35.9 Å². The average molecular weight is 285 g/mol. The zero-order valence-corrected chi connectivity index (χ0v) is 11.9. The van der Waals surface area contributed by atoms with Crippen LogP contribution in [0.1, 0.15) is 18.4 Å². The fourth-order valence-electron chi connectivity index (χ4n) is 2.00.